The smallest absolute Gasteiger partial charge is 0.164 e. The van der Waals surface area contributed by atoms with Crippen molar-refractivity contribution < 1.29 is 11.3 Å². The van der Waals surface area contributed by atoms with Crippen molar-refractivity contribution in [3.8, 4) is 39.9 Å². The molecule has 5 nitrogen and oxygen atoms in total. The van der Waals surface area contributed by atoms with Crippen molar-refractivity contribution in [2.24, 2.45) is 0 Å². The van der Waals surface area contributed by atoms with E-state index < -0.39 is 18.1 Å². The number of para-hydroxylation sites is 3. The predicted octanol–water partition coefficient (Wildman–Crippen LogP) is 12.2. The largest absolute Gasteiger partial charge is 0.454 e. The minimum atomic E-state index is -0.481. The molecule has 0 unspecified atom stereocenters. The highest BCUT2D eigenvalue weighted by Crippen LogP contribution is 2.40. The van der Waals surface area contributed by atoms with Gasteiger partial charge in [-0.05, 0) is 48.5 Å². The predicted molar refractivity (Wildman–Crippen MR) is 211 cm³/mol. The van der Waals surface area contributed by atoms with E-state index in [0.29, 0.717) is 28.4 Å². The van der Waals surface area contributed by atoms with Gasteiger partial charge >= 0.3 is 0 Å². The molecule has 238 valence electrons. The number of rotatable bonds is 4. The van der Waals surface area contributed by atoms with E-state index in [1.807, 2.05) is 66.7 Å². The van der Waals surface area contributed by atoms with Crippen LogP contribution in [-0.2, 0) is 0 Å². The summed E-state index contributed by atoms with van der Waals surface area (Å²) >= 11 is 1.67. The summed E-state index contributed by atoms with van der Waals surface area (Å²) in [4.78, 5) is 14.6. The maximum Gasteiger partial charge on any atom is 0.164 e. The summed E-state index contributed by atoms with van der Waals surface area (Å²) in [6.07, 6.45) is 0. The number of hydrogen-bond acceptors (Lipinski definition) is 5. The van der Waals surface area contributed by atoms with E-state index in [9.17, 15) is 0 Å². The highest BCUT2D eigenvalue weighted by atomic mass is 32.1. The van der Waals surface area contributed by atoms with Gasteiger partial charge in [0.15, 0.2) is 23.1 Å². The molecule has 0 atom stereocenters. The fourth-order valence-electron chi connectivity index (χ4n) is 7.25. The van der Waals surface area contributed by atoms with Gasteiger partial charge in [0, 0.05) is 58.4 Å². The Morgan fingerprint density at radius 2 is 1.10 bits per heavy atom. The Kier molecular flexibility index (Phi) is 5.08. The van der Waals surface area contributed by atoms with E-state index in [-0.39, 0.29) is 23.5 Å². The van der Waals surface area contributed by atoms with E-state index >= 15 is 0 Å². The summed E-state index contributed by atoms with van der Waals surface area (Å²) in [5, 5.41) is 6.37. The molecule has 0 aliphatic rings. The Morgan fingerprint density at radius 1 is 0.490 bits per heavy atom. The zero-order valence-corrected chi connectivity index (χ0v) is 27.5. The summed E-state index contributed by atoms with van der Waals surface area (Å²) in [5.41, 5.74) is 5.78. The monoisotopic (exact) mass is 675 g/mol. The van der Waals surface area contributed by atoms with Crippen LogP contribution in [-0.4, -0.2) is 19.5 Å². The number of thiophene rings is 1. The van der Waals surface area contributed by atoms with Crippen molar-refractivity contribution in [2.45, 2.75) is 0 Å². The molecule has 0 aliphatic carbocycles. The molecule has 11 rings (SSSR count). The van der Waals surface area contributed by atoms with Gasteiger partial charge in [-0.2, -0.15) is 0 Å². The number of fused-ring (bicyclic) bond motifs is 9. The van der Waals surface area contributed by atoms with Crippen LogP contribution in [0.1, 0.15) is 6.85 Å². The zero-order chi connectivity index (χ0) is 37.8. The summed E-state index contributed by atoms with van der Waals surface area (Å²) < 4.78 is 53.6. The van der Waals surface area contributed by atoms with E-state index in [4.69, 9.17) is 26.2 Å². The normalized spacial score (nSPS) is 13.3. The third-order valence-corrected chi connectivity index (χ3v) is 10.7. The van der Waals surface area contributed by atoms with Crippen LogP contribution in [0.4, 0.5) is 0 Å². The molecule has 11 aromatic rings. The van der Waals surface area contributed by atoms with Gasteiger partial charge < -0.3 is 8.98 Å². The maximum atomic E-state index is 8.76. The Hall–Kier alpha value is -6.63. The first-order valence-corrected chi connectivity index (χ1v) is 17.3. The second-order valence-electron chi connectivity index (χ2n) is 12.5. The lowest BCUT2D eigenvalue weighted by atomic mass is 10.1. The van der Waals surface area contributed by atoms with Crippen molar-refractivity contribution in [3.05, 3.63) is 158 Å². The summed E-state index contributed by atoms with van der Waals surface area (Å²) in [5.74, 6) is 0.606. The highest BCUT2D eigenvalue weighted by molar-refractivity contribution is 7.25. The first kappa shape index (κ1) is 23.7. The second kappa shape index (κ2) is 10.9. The van der Waals surface area contributed by atoms with Gasteiger partial charge in [0.25, 0.3) is 0 Å². The number of aromatic nitrogens is 4. The molecule has 0 N–H and O–H groups in total. The third kappa shape index (κ3) is 4.37. The van der Waals surface area contributed by atoms with Crippen molar-refractivity contribution in [1.82, 2.24) is 19.5 Å². The third-order valence-electron chi connectivity index (χ3n) is 9.55. The molecular formula is C45H26N4OS. The molecule has 0 amide bonds. The van der Waals surface area contributed by atoms with Gasteiger partial charge in [-0.1, -0.05) is 109 Å². The molecule has 6 heteroatoms. The first-order valence-electron chi connectivity index (χ1n) is 19.0. The van der Waals surface area contributed by atoms with Crippen LogP contribution in [0, 0.1) is 0 Å². The average molecular weight is 676 g/mol. The summed E-state index contributed by atoms with van der Waals surface area (Å²) in [7, 11) is 0. The van der Waals surface area contributed by atoms with Gasteiger partial charge in [-0.3, -0.25) is 0 Å². The Bertz CT molecular complexity index is 3380. The highest BCUT2D eigenvalue weighted by Gasteiger charge is 2.19. The average Bonchev–Trinajstić information content (AvgIpc) is 3.91. The Morgan fingerprint density at radius 3 is 1.86 bits per heavy atom. The molecule has 0 saturated carbocycles. The van der Waals surface area contributed by atoms with E-state index in [0.717, 1.165) is 64.0 Å². The molecule has 7 aromatic carbocycles. The first-order chi connectivity index (χ1) is 27.3. The van der Waals surface area contributed by atoms with Crippen LogP contribution in [0.3, 0.4) is 0 Å². The fraction of sp³-hybridized carbons (Fsp3) is 0. The van der Waals surface area contributed by atoms with E-state index in [1.54, 1.807) is 11.3 Å². The maximum absolute atomic E-state index is 8.76. The molecule has 0 aliphatic heterocycles. The van der Waals surface area contributed by atoms with E-state index in [1.165, 1.54) is 0 Å². The molecule has 0 bridgehead atoms. The number of nitrogens with zero attached hydrogens (tertiary/aromatic N) is 4. The Balaban J connectivity index is 1.13. The van der Waals surface area contributed by atoms with Crippen molar-refractivity contribution in [3.63, 3.8) is 0 Å². The van der Waals surface area contributed by atoms with Crippen LogP contribution in [0.25, 0.3) is 104 Å². The zero-order valence-electron chi connectivity index (χ0n) is 31.7. The quantitative estimate of drug-likeness (QED) is 0.186. The molecule has 4 heterocycles. The van der Waals surface area contributed by atoms with Crippen LogP contribution in [0.15, 0.2) is 162 Å². The van der Waals surface area contributed by atoms with Gasteiger partial charge in [0.2, 0.25) is 0 Å². The van der Waals surface area contributed by atoms with Crippen LogP contribution >= 0.6 is 11.3 Å². The topological polar surface area (TPSA) is 56.7 Å². The lowest BCUT2D eigenvalue weighted by molar-refractivity contribution is 0.666. The fourth-order valence-corrected chi connectivity index (χ4v) is 8.40. The van der Waals surface area contributed by atoms with Crippen molar-refractivity contribution in [2.75, 3.05) is 0 Å². The van der Waals surface area contributed by atoms with Crippen LogP contribution in [0.2, 0.25) is 0 Å². The van der Waals surface area contributed by atoms with Crippen LogP contribution < -0.4 is 0 Å². The lowest BCUT2D eigenvalue weighted by Crippen LogP contribution is -2.00. The van der Waals surface area contributed by atoms with E-state index in [2.05, 4.69) is 65.2 Å². The molecule has 0 fully saturated rings. The molecule has 51 heavy (non-hydrogen) atoms. The molecular weight excluding hydrogens is 645 g/mol. The van der Waals surface area contributed by atoms with Gasteiger partial charge in [0.1, 0.15) is 5.58 Å². The lowest BCUT2D eigenvalue weighted by Gasteiger charge is -2.09. The van der Waals surface area contributed by atoms with Crippen molar-refractivity contribution in [1.29, 1.82) is 0 Å². The molecule has 0 saturated heterocycles. The minimum Gasteiger partial charge on any atom is -0.454 e. The Labute approximate surface area is 302 Å². The number of hydrogen-bond donors (Lipinski definition) is 0. The van der Waals surface area contributed by atoms with Gasteiger partial charge in [-0.25, -0.2) is 15.0 Å². The SMILES string of the molecule is [2H]c1c([2H])c([2H])c(-c2nc(-c3ccc4c(c3)sc3ccccc34)nc(-c3ccc4oc5c(-n6c7ccccc7c7ccccc76)cccc5c4c3)n2)c([2H])c1[2H]. The molecule has 0 radical (unpaired) electrons. The molecule has 4 aromatic heterocycles. The number of furan rings is 1. The molecule has 0 spiro atoms. The van der Waals surface area contributed by atoms with Gasteiger partial charge in [-0.15, -0.1) is 11.3 Å². The van der Waals surface area contributed by atoms with Gasteiger partial charge in [0.05, 0.1) is 23.6 Å². The summed E-state index contributed by atoms with van der Waals surface area (Å²) in [6, 6.07) is 40.8. The number of benzene rings is 7. The van der Waals surface area contributed by atoms with Crippen LogP contribution in [0.5, 0.6) is 0 Å². The minimum absolute atomic E-state index is 0.00997. The standard InChI is InChI=1S/C45H26N4OS/c1-2-11-27(12-3-1)43-46-44(48-45(47-43)29-21-23-33-32-15-6-9-20-40(32)51-41(33)26-29)28-22-24-39-35(25-28)34-16-10-19-38(42(34)50-39)49-36-17-7-4-13-30(36)31-14-5-8-18-37(31)49/h1-26H/i1D,2D,3D,11D,12D. The summed E-state index contributed by atoms with van der Waals surface area (Å²) in [6.45, 7) is 0. The van der Waals surface area contributed by atoms with Crippen molar-refractivity contribution >= 4 is 75.3 Å². The second-order valence-corrected chi connectivity index (χ2v) is 13.5.